The molecule has 146 valence electrons. The number of halogens is 1. The summed E-state index contributed by atoms with van der Waals surface area (Å²) in [5.41, 5.74) is 0. The second-order valence-corrected chi connectivity index (χ2v) is 10.0. The lowest BCUT2D eigenvalue weighted by Gasteiger charge is -2.25. The van der Waals surface area contributed by atoms with E-state index in [1.165, 1.54) is 11.3 Å². The van der Waals surface area contributed by atoms with Crippen molar-refractivity contribution in [3.63, 3.8) is 0 Å². The Balaban J connectivity index is 1.51. The predicted molar refractivity (Wildman–Crippen MR) is 106 cm³/mol. The van der Waals surface area contributed by atoms with E-state index in [0.29, 0.717) is 23.4 Å². The van der Waals surface area contributed by atoms with Crippen molar-refractivity contribution in [2.24, 2.45) is 0 Å². The van der Waals surface area contributed by atoms with Gasteiger partial charge >= 0.3 is 0 Å². The van der Waals surface area contributed by atoms with Gasteiger partial charge in [-0.3, -0.25) is 15.0 Å². The van der Waals surface area contributed by atoms with Crippen LogP contribution in [-0.2, 0) is 25.8 Å². The van der Waals surface area contributed by atoms with Crippen LogP contribution in [0.2, 0.25) is 0 Å². The Labute approximate surface area is 170 Å². The van der Waals surface area contributed by atoms with E-state index < -0.39 is 9.84 Å². The fourth-order valence-electron chi connectivity index (χ4n) is 2.51. The molecule has 27 heavy (non-hydrogen) atoms. The van der Waals surface area contributed by atoms with Gasteiger partial charge in [0.2, 0.25) is 11.0 Å². The number of benzene rings is 1. The number of rotatable bonds is 7. The lowest BCUT2D eigenvalue weighted by molar-refractivity contribution is -0.118. The van der Waals surface area contributed by atoms with Crippen molar-refractivity contribution in [1.29, 1.82) is 0 Å². The average molecular weight is 475 g/mol. The topological polar surface area (TPSA) is 101 Å². The van der Waals surface area contributed by atoms with Gasteiger partial charge in [0.1, 0.15) is 5.01 Å². The highest BCUT2D eigenvalue weighted by molar-refractivity contribution is 9.10. The van der Waals surface area contributed by atoms with Crippen molar-refractivity contribution < 1.29 is 17.9 Å². The normalized spacial score (nSPS) is 15.6. The third-order valence-corrected chi connectivity index (χ3v) is 7.10. The van der Waals surface area contributed by atoms with Crippen molar-refractivity contribution in [2.75, 3.05) is 43.9 Å². The SMILES string of the molecule is O=C(CN1CCOCC1)Nc1nnc(CCS(=O)(=O)c2ccc(Br)cc2)s1. The molecular formula is C16H19BrN4O4S2. The molecule has 0 bridgehead atoms. The number of aromatic nitrogens is 2. The van der Waals surface area contributed by atoms with Crippen LogP contribution in [0, 0.1) is 0 Å². The number of anilines is 1. The summed E-state index contributed by atoms with van der Waals surface area (Å²) in [6.07, 6.45) is 0.245. The highest BCUT2D eigenvalue weighted by Crippen LogP contribution is 2.19. The largest absolute Gasteiger partial charge is 0.379 e. The molecule has 1 amide bonds. The molecule has 0 saturated carbocycles. The zero-order valence-corrected chi connectivity index (χ0v) is 17.6. The van der Waals surface area contributed by atoms with Crippen LogP contribution in [0.4, 0.5) is 5.13 Å². The Hall–Kier alpha value is -1.40. The number of amides is 1. The van der Waals surface area contributed by atoms with Crippen molar-refractivity contribution in [1.82, 2.24) is 15.1 Å². The monoisotopic (exact) mass is 474 g/mol. The number of ether oxygens (including phenoxy) is 1. The molecule has 3 rings (SSSR count). The summed E-state index contributed by atoms with van der Waals surface area (Å²) in [5.74, 6) is -0.229. The smallest absolute Gasteiger partial charge is 0.240 e. The molecule has 1 aliphatic rings. The van der Waals surface area contributed by atoms with Gasteiger partial charge in [0.15, 0.2) is 9.84 Å². The quantitative estimate of drug-likeness (QED) is 0.649. The Morgan fingerprint density at radius 1 is 1.22 bits per heavy atom. The molecule has 2 aromatic rings. The first-order valence-corrected chi connectivity index (χ1v) is 11.6. The lowest BCUT2D eigenvalue weighted by Crippen LogP contribution is -2.41. The minimum Gasteiger partial charge on any atom is -0.379 e. The van der Waals surface area contributed by atoms with E-state index in [4.69, 9.17) is 4.74 Å². The van der Waals surface area contributed by atoms with Gasteiger partial charge in [0, 0.05) is 24.0 Å². The van der Waals surface area contributed by atoms with Gasteiger partial charge in [0.05, 0.1) is 30.4 Å². The van der Waals surface area contributed by atoms with Crippen LogP contribution in [-0.4, -0.2) is 68.0 Å². The number of morpholine rings is 1. The first-order chi connectivity index (χ1) is 12.9. The minimum absolute atomic E-state index is 0.0645. The Morgan fingerprint density at radius 2 is 1.93 bits per heavy atom. The van der Waals surface area contributed by atoms with Crippen LogP contribution < -0.4 is 5.32 Å². The maximum Gasteiger partial charge on any atom is 0.240 e. The number of carbonyl (C=O) groups excluding carboxylic acids is 1. The third kappa shape index (κ3) is 6.04. The first kappa shape index (κ1) is 20.3. The van der Waals surface area contributed by atoms with E-state index in [9.17, 15) is 13.2 Å². The Bertz CT molecular complexity index is 880. The summed E-state index contributed by atoms with van der Waals surface area (Å²) < 4.78 is 30.8. The van der Waals surface area contributed by atoms with Crippen molar-refractivity contribution >= 4 is 48.1 Å². The Morgan fingerprint density at radius 3 is 2.63 bits per heavy atom. The van der Waals surface area contributed by atoms with E-state index in [-0.39, 0.29) is 29.5 Å². The van der Waals surface area contributed by atoms with Crippen LogP contribution >= 0.6 is 27.3 Å². The first-order valence-electron chi connectivity index (χ1n) is 8.33. The molecule has 1 aromatic carbocycles. The molecule has 0 radical (unpaired) electrons. The van der Waals surface area contributed by atoms with Crippen molar-refractivity contribution in [2.45, 2.75) is 11.3 Å². The van der Waals surface area contributed by atoms with Crippen LogP contribution in [0.15, 0.2) is 33.6 Å². The summed E-state index contributed by atoms with van der Waals surface area (Å²) in [4.78, 5) is 14.3. The predicted octanol–water partition coefficient (Wildman–Crippen LogP) is 1.59. The molecule has 1 fully saturated rings. The molecule has 1 N–H and O–H groups in total. The van der Waals surface area contributed by atoms with Gasteiger partial charge in [0.25, 0.3) is 0 Å². The summed E-state index contributed by atoms with van der Waals surface area (Å²) in [5, 5.41) is 11.6. The summed E-state index contributed by atoms with van der Waals surface area (Å²) in [7, 11) is -3.40. The molecule has 0 unspecified atom stereocenters. The van der Waals surface area contributed by atoms with Gasteiger partial charge in [-0.05, 0) is 24.3 Å². The van der Waals surface area contributed by atoms with Crippen molar-refractivity contribution in [3.8, 4) is 0 Å². The van der Waals surface area contributed by atoms with Gasteiger partial charge in [-0.15, -0.1) is 10.2 Å². The molecular weight excluding hydrogens is 456 g/mol. The number of hydrogen-bond donors (Lipinski definition) is 1. The van der Waals surface area contributed by atoms with Crippen LogP contribution in [0.25, 0.3) is 0 Å². The average Bonchev–Trinajstić information content (AvgIpc) is 3.08. The van der Waals surface area contributed by atoms with Crippen LogP contribution in [0.5, 0.6) is 0 Å². The van der Waals surface area contributed by atoms with Crippen LogP contribution in [0.1, 0.15) is 5.01 Å². The molecule has 1 aromatic heterocycles. The number of nitrogens with zero attached hydrogens (tertiary/aromatic N) is 3. The van der Waals surface area contributed by atoms with Crippen molar-refractivity contribution in [3.05, 3.63) is 33.7 Å². The zero-order chi connectivity index (χ0) is 19.3. The summed E-state index contributed by atoms with van der Waals surface area (Å²) in [6, 6.07) is 6.52. The number of hydrogen-bond acceptors (Lipinski definition) is 8. The number of sulfone groups is 1. The van der Waals surface area contributed by atoms with E-state index in [1.807, 2.05) is 4.90 Å². The maximum atomic E-state index is 12.4. The fourth-order valence-corrected chi connectivity index (χ4v) is 4.91. The third-order valence-electron chi connectivity index (χ3n) is 3.94. The van der Waals surface area contributed by atoms with E-state index >= 15 is 0 Å². The van der Waals surface area contributed by atoms with E-state index in [2.05, 4.69) is 31.4 Å². The minimum atomic E-state index is -3.40. The highest BCUT2D eigenvalue weighted by atomic mass is 79.9. The lowest BCUT2D eigenvalue weighted by atomic mass is 10.4. The fraction of sp³-hybridized carbons (Fsp3) is 0.438. The zero-order valence-electron chi connectivity index (χ0n) is 14.4. The second kappa shape index (κ2) is 9.20. The molecule has 1 aliphatic heterocycles. The molecule has 8 nitrogen and oxygen atoms in total. The highest BCUT2D eigenvalue weighted by Gasteiger charge is 2.18. The van der Waals surface area contributed by atoms with Gasteiger partial charge in [-0.25, -0.2) is 8.42 Å². The van der Waals surface area contributed by atoms with E-state index in [1.54, 1.807) is 24.3 Å². The molecule has 0 atom stereocenters. The Kier molecular flexibility index (Phi) is 6.93. The summed E-state index contributed by atoms with van der Waals surface area (Å²) >= 11 is 4.48. The van der Waals surface area contributed by atoms with Crippen LogP contribution in [0.3, 0.4) is 0 Å². The standard InChI is InChI=1S/C16H19BrN4O4S2/c17-12-1-3-13(4-2-12)27(23,24)10-5-15-19-20-16(26-15)18-14(22)11-21-6-8-25-9-7-21/h1-4H,5-11H2,(H,18,20,22). The second-order valence-electron chi connectivity index (χ2n) is 5.96. The van der Waals surface area contributed by atoms with Gasteiger partial charge in [-0.1, -0.05) is 27.3 Å². The van der Waals surface area contributed by atoms with E-state index in [0.717, 1.165) is 17.6 Å². The number of nitrogens with one attached hydrogen (secondary N) is 1. The maximum absolute atomic E-state index is 12.4. The number of aryl methyl sites for hydroxylation is 1. The molecule has 11 heteroatoms. The molecule has 0 aliphatic carbocycles. The van der Waals surface area contributed by atoms with Gasteiger partial charge < -0.3 is 4.74 Å². The molecule has 0 spiro atoms. The summed E-state index contributed by atoms with van der Waals surface area (Å²) in [6.45, 7) is 2.98. The number of carbonyl (C=O) groups is 1. The van der Waals surface area contributed by atoms with Gasteiger partial charge in [-0.2, -0.15) is 0 Å². The molecule has 2 heterocycles. The molecule has 1 saturated heterocycles.